The van der Waals surface area contributed by atoms with E-state index >= 15 is 0 Å². The minimum atomic E-state index is -0.804. The first-order chi connectivity index (χ1) is 20.0. The highest BCUT2D eigenvalue weighted by Crippen LogP contribution is 2.25. The predicted molar refractivity (Wildman–Crippen MR) is 161 cm³/mol. The van der Waals surface area contributed by atoms with Crippen molar-refractivity contribution in [2.75, 3.05) is 13.2 Å². The average Bonchev–Trinajstić information content (AvgIpc) is 2.98. The third-order valence-electron chi connectivity index (χ3n) is 6.74. The third-order valence-corrected chi connectivity index (χ3v) is 6.74. The molecular weight excluding hydrogens is 520 g/mol. The van der Waals surface area contributed by atoms with E-state index in [1.54, 1.807) is 13.8 Å². The van der Waals surface area contributed by atoms with E-state index in [4.69, 9.17) is 23.7 Å². The van der Waals surface area contributed by atoms with Gasteiger partial charge in [-0.1, -0.05) is 88.8 Å². The van der Waals surface area contributed by atoms with Gasteiger partial charge in [0.05, 0.1) is 25.4 Å². The molecule has 0 aliphatic heterocycles. The zero-order valence-electron chi connectivity index (χ0n) is 25.4. The fraction of sp³-hybridized carbons (Fsp3) is 0.588. The lowest BCUT2D eigenvalue weighted by atomic mass is 10.0. The Hall–Kier alpha value is -3.06. The molecule has 41 heavy (non-hydrogen) atoms. The molecule has 0 aliphatic rings. The lowest BCUT2D eigenvalue weighted by Gasteiger charge is -2.30. The molecule has 7 nitrogen and oxygen atoms in total. The van der Waals surface area contributed by atoms with Gasteiger partial charge in [0.25, 0.3) is 0 Å². The molecule has 2 rings (SSSR count). The standard InChI is InChI=1S/C34H50O7/c1-5-9-13-23-29(25-31(33(35)37-7-3)40-27-19-15-11-16-20-27)39-30(24-14-10-6-2)26-32(34(36)38-8-4)41-28-21-17-12-18-22-28/h11-12,15-22,29-32H,5-10,13-14,23-26H2,1-4H3. The molecular formula is C34H50O7. The van der Waals surface area contributed by atoms with Crippen LogP contribution >= 0.6 is 0 Å². The van der Waals surface area contributed by atoms with E-state index in [0.29, 0.717) is 24.3 Å². The van der Waals surface area contributed by atoms with Crippen LogP contribution < -0.4 is 9.47 Å². The molecule has 4 unspecified atom stereocenters. The van der Waals surface area contributed by atoms with Crippen molar-refractivity contribution in [2.24, 2.45) is 0 Å². The van der Waals surface area contributed by atoms with Gasteiger partial charge in [-0.2, -0.15) is 0 Å². The van der Waals surface area contributed by atoms with Gasteiger partial charge >= 0.3 is 11.9 Å². The summed E-state index contributed by atoms with van der Waals surface area (Å²) in [6, 6.07) is 18.6. The highest BCUT2D eigenvalue weighted by atomic mass is 16.6. The smallest absolute Gasteiger partial charge is 0.347 e. The number of rotatable bonds is 22. The van der Waals surface area contributed by atoms with Gasteiger partial charge in [0.1, 0.15) is 11.5 Å². The number of carbonyl (C=O) groups is 2. The lowest BCUT2D eigenvalue weighted by molar-refractivity contribution is -0.156. The maximum Gasteiger partial charge on any atom is 0.347 e. The maximum absolute atomic E-state index is 13.0. The molecule has 7 heteroatoms. The molecule has 0 aliphatic carbocycles. The van der Waals surface area contributed by atoms with Crippen molar-refractivity contribution < 1.29 is 33.3 Å². The quantitative estimate of drug-likeness (QED) is 0.106. The molecule has 0 fully saturated rings. The van der Waals surface area contributed by atoms with Gasteiger partial charge in [-0.3, -0.25) is 0 Å². The monoisotopic (exact) mass is 570 g/mol. The Morgan fingerprint density at radius 2 is 0.976 bits per heavy atom. The highest BCUT2D eigenvalue weighted by molar-refractivity contribution is 5.75. The van der Waals surface area contributed by atoms with Crippen molar-refractivity contribution in [1.82, 2.24) is 0 Å². The second-order valence-corrected chi connectivity index (χ2v) is 10.2. The van der Waals surface area contributed by atoms with E-state index in [2.05, 4.69) is 13.8 Å². The van der Waals surface area contributed by atoms with Crippen LogP contribution in [0.4, 0.5) is 0 Å². The first-order valence-electron chi connectivity index (χ1n) is 15.4. The van der Waals surface area contributed by atoms with Gasteiger partial charge in [-0.05, 0) is 51.0 Å². The second kappa shape index (κ2) is 20.8. The van der Waals surface area contributed by atoms with E-state index in [1.165, 1.54) is 0 Å². The number of benzene rings is 2. The Labute approximate surface area is 246 Å². The van der Waals surface area contributed by atoms with E-state index in [-0.39, 0.29) is 25.4 Å². The average molecular weight is 571 g/mol. The normalized spacial score (nSPS) is 14.0. The molecule has 4 atom stereocenters. The summed E-state index contributed by atoms with van der Waals surface area (Å²) in [5.74, 6) is 0.409. The highest BCUT2D eigenvalue weighted by Gasteiger charge is 2.31. The molecule has 2 aromatic rings. The Morgan fingerprint density at radius 3 is 1.32 bits per heavy atom. The summed E-state index contributed by atoms with van der Waals surface area (Å²) in [5, 5.41) is 0. The topological polar surface area (TPSA) is 80.3 Å². The molecule has 0 amide bonds. The van der Waals surface area contributed by atoms with E-state index in [9.17, 15) is 9.59 Å². The number of ether oxygens (including phenoxy) is 5. The summed E-state index contributed by atoms with van der Waals surface area (Å²) in [7, 11) is 0. The molecule has 0 bridgehead atoms. The van der Waals surface area contributed by atoms with Gasteiger partial charge in [0, 0.05) is 12.8 Å². The zero-order valence-corrected chi connectivity index (χ0v) is 25.4. The van der Waals surface area contributed by atoms with Crippen LogP contribution in [-0.2, 0) is 23.8 Å². The molecule has 0 heterocycles. The molecule has 0 saturated heterocycles. The number of hydrogen-bond acceptors (Lipinski definition) is 7. The van der Waals surface area contributed by atoms with Crippen LogP contribution in [0, 0.1) is 0 Å². The fourth-order valence-corrected chi connectivity index (χ4v) is 4.66. The van der Waals surface area contributed by atoms with Gasteiger partial charge in [0.2, 0.25) is 0 Å². The van der Waals surface area contributed by atoms with Crippen molar-refractivity contribution >= 4 is 11.9 Å². The van der Waals surface area contributed by atoms with E-state index in [1.807, 2.05) is 60.7 Å². The summed E-state index contributed by atoms with van der Waals surface area (Å²) in [6.07, 6.45) is 6.33. The summed E-state index contributed by atoms with van der Waals surface area (Å²) in [5.41, 5.74) is 0. The molecule has 228 valence electrons. The van der Waals surface area contributed by atoms with Crippen molar-refractivity contribution in [3.8, 4) is 11.5 Å². The van der Waals surface area contributed by atoms with E-state index in [0.717, 1.165) is 51.4 Å². The Morgan fingerprint density at radius 1 is 0.585 bits per heavy atom. The zero-order chi connectivity index (χ0) is 29.7. The van der Waals surface area contributed by atoms with Crippen molar-refractivity contribution in [2.45, 2.75) is 116 Å². The summed E-state index contributed by atoms with van der Waals surface area (Å²) in [4.78, 5) is 25.9. The molecule has 0 saturated carbocycles. The first-order valence-corrected chi connectivity index (χ1v) is 15.4. The van der Waals surface area contributed by atoms with Crippen LogP contribution in [0.1, 0.15) is 91.9 Å². The van der Waals surface area contributed by atoms with Gasteiger partial charge in [-0.25, -0.2) is 9.59 Å². The minimum Gasteiger partial charge on any atom is -0.479 e. The Balaban J connectivity index is 2.27. The number of hydrogen-bond donors (Lipinski definition) is 0. The van der Waals surface area contributed by atoms with Crippen LogP contribution in [0.2, 0.25) is 0 Å². The summed E-state index contributed by atoms with van der Waals surface area (Å²) >= 11 is 0. The van der Waals surface area contributed by atoms with Crippen LogP contribution in [-0.4, -0.2) is 49.6 Å². The molecule has 2 aromatic carbocycles. The van der Waals surface area contributed by atoms with Crippen LogP contribution in [0.3, 0.4) is 0 Å². The van der Waals surface area contributed by atoms with Crippen molar-refractivity contribution in [1.29, 1.82) is 0 Å². The summed E-state index contributed by atoms with van der Waals surface area (Å²) < 4.78 is 29.8. The minimum absolute atomic E-state index is 0.258. The Kier molecular flexibility index (Phi) is 17.3. The summed E-state index contributed by atoms with van der Waals surface area (Å²) in [6.45, 7) is 8.44. The van der Waals surface area contributed by atoms with Crippen LogP contribution in [0.25, 0.3) is 0 Å². The number of para-hydroxylation sites is 2. The third kappa shape index (κ3) is 13.9. The van der Waals surface area contributed by atoms with Gasteiger partial charge in [-0.15, -0.1) is 0 Å². The number of carbonyl (C=O) groups excluding carboxylic acids is 2. The number of esters is 2. The molecule has 0 aromatic heterocycles. The van der Waals surface area contributed by atoms with E-state index < -0.39 is 24.1 Å². The van der Waals surface area contributed by atoms with Gasteiger partial charge in [0.15, 0.2) is 12.2 Å². The van der Waals surface area contributed by atoms with Crippen molar-refractivity contribution in [3.63, 3.8) is 0 Å². The predicted octanol–water partition coefficient (Wildman–Crippen LogP) is 7.70. The maximum atomic E-state index is 13.0. The lowest BCUT2D eigenvalue weighted by Crippen LogP contribution is -2.38. The molecule has 0 radical (unpaired) electrons. The molecule has 0 N–H and O–H groups in total. The Bertz CT molecular complexity index is 873. The van der Waals surface area contributed by atoms with Crippen LogP contribution in [0.5, 0.6) is 11.5 Å². The number of unbranched alkanes of at least 4 members (excludes halogenated alkanes) is 4. The fourth-order valence-electron chi connectivity index (χ4n) is 4.66. The van der Waals surface area contributed by atoms with Gasteiger partial charge < -0.3 is 23.7 Å². The SMILES string of the molecule is CCCCCC(CC(Oc1ccccc1)C(=O)OCC)OC(CCCCC)CC(Oc1ccccc1)C(=O)OCC. The molecule has 0 spiro atoms. The first kappa shape index (κ1) is 34.1. The van der Waals surface area contributed by atoms with Crippen LogP contribution in [0.15, 0.2) is 60.7 Å². The second-order valence-electron chi connectivity index (χ2n) is 10.2. The van der Waals surface area contributed by atoms with Crippen molar-refractivity contribution in [3.05, 3.63) is 60.7 Å². The largest absolute Gasteiger partial charge is 0.479 e.